The molecule has 718 valence electrons. The van der Waals surface area contributed by atoms with Crippen molar-refractivity contribution in [3.63, 3.8) is 0 Å². The van der Waals surface area contributed by atoms with E-state index >= 15 is 0 Å². The standard InChI is InChI=1S/C53H46Br2F10O4.C25H16Br2O2.C14H16BrF5O.C6HF5O.3CH4/c54-33-17-23-37-38-24-18-34(55)30-40(38)53(39(37)29-33,31-13-19-35(20-14-31)66-25-9-5-1-3-7-11-27-68-51-47(62)43(58)41(56)44(59)48(51)63)32-15-21-36(22-16-32)67-26-10-6-2-4-8-12-28-69-52-49(64)45(60)42(57)46(61)50(52)65;26-17-5-11-21-22-12-6-18(27)14-24(22)25(23(21)13-17,15-1-7-19(28)8-2-15)16-3-9-20(29)10-4-16;15-7-5-3-1-2-4-6-8-21-14-12(19)10(17)9(16)11(18)13(14)20;7-1-2(8)4(10)6(12)5(11)3(1)9;;;/h13-24,29-30H,1-12,25-28H2;1-14,28-29H;1-8H2;12H;3*1H4. The van der Waals surface area contributed by atoms with Gasteiger partial charge in [-0.05, 0) is 202 Å². The topological polar surface area (TPSA) is 107 Å². The van der Waals surface area contributed by atoms with Crippen LogP contribution >= 0.6 is 79.6 Å². The van der Waals surface area contributed by atoms with Crippen LogP contribution in [0.1, 0.15) is 182 Å². The fourth-order valence-corrected chi connectivity index (χ4v) is 17.3. The first-order valence-electron chi connectivity index (χ1n) is 41.2. The maximum Gasteiger partial charge on any atom is 0.206 e. The molecule has 12 aromatic carbocycles. The fourth-order valence-electron chi connectivity index (χ4n) is 15.5. The number of rotatable bonds is 35. The third-order valence-corrected chi connectivity index (χ3v) is 24.4. The number of alkyl halides is 1. The van der Waals surface area contributed by atoms with E-state index in [1.807, 2.05) is 60.7 Å². The molecule has 0 heterocycles. The van der Waals surface area contributed by atoms with E-state index in [0.717, 1.165) is 162 Å². The average Bonchev–Trinajstić information content (AvgIpc) is 1.54. The fraction of sp³-hybridized carbons (Fsp3) is 0.287. The summed E-state index contributed by atoms with van der Waals surface area (Å²) in [6.07, 6.45) is 14.1. The van der Waals surface area contributed by atoms with Crippen molar-refractivity contribution in [1.82, 2.24) is 0 Å². The highest BCUT2D eigenvalue weighted by molar-refractivity contribution is 9.11. The van der Waals surface area contributed by atoms with Crippen LogP contribution in [0.2, 0.25) is 0 Å². The zero-order valence-electron chi connectivity index (χ0n) is 69.0. The van der Waals surface area contributed by atoms with Crippen LogP contribution in [0.5, 0.6) is 46.0 Å². The summed E-state index contributed by atoms with van der Waals surface area (Å²) in [6.45, 7) is 0.511. The predicted molar refractivity (Wildman–Crippen MR) is 493 cm³/mol. The van der Waals surface area contributed by atoms with E-state index in [9.17, 15) is 98.0 Å². The van der Waals surface area contributed by atoms with Crippen LogP contribution < -0.4 is 23.7 Å². The van der Waals surface area contributed by atoms with Crippen LogP contribution in [0.25, 0.3) is 22.3 Å². The van der Waals surface area contributed by atoms with Gasteiger partial charge in [0.25, 0.3) is 0 Å². The summed E-state index contributed by atoms with van der Waals surface area (Å²) in [5.74, 6) is -45.3. The van der Waals surface area contributed by atoms with Gasteiger partial charge in [0.2, 0.25) is 116 Å². The van der Waals surface area contributed by atoms with Crippen molar-refractivity contribution in [2.75, 3.05) is 38.4 Å². The predicted octanol–water partition coefficient (Wildman–Crippen LogP) is 33.0. The molecule has 134 heavy (non-hydrogen) atoms. The van der Waals surface area contributed by atoms with E-state index in [2.05, 4.69) is 165 Å². The van der Waals surface area contributed by atoms with Gasteiger partial charge in [0, 0.05) is 23.2 Å². The van der Waals surface area contributed by atoms with E-state index in [4.69, 9.17) is 28.8 Å². The maximum atomic E-state index is 13.8. The average molecular weight is 2210 g/mol. The summed E-state index contributed by atoms with van der Waals surface area (Å²) in [5, 5.41) is 29.1. The number of fused-ring (bicyclic) bond motifs is 6. The van der Waals surface area contributed by atoms with Crippen molar-refractivity contribution in [3.8, 4) is 68.2 Å². The highest BCUT2D eigenvalue weighted by atomic mass is 79.9. The molecule has 14 rings (SSSR count). The number of halogens is 25. The number of phenols is 3. The molecular formula is C101H91Br5F20O8. The van der Waals surface area contributed by atoms with Crippen molar-refractivity contribution < 1.29 is 127 Å². The molecule has 0 bridgehead atoms. The highest BCUT2D eigenvalue weighted by Crippen LogP contribution is 2.60. The van der Waals surface area contributed by atoms with Gasteiger partial charge in [0.15, 0.2) is 23.0 Å². The molecule has 2 aliphatic rings. The molecule has 3 N–H and O–H groups in total. The molecule has 8 nitrogen and oxygen atoms in total. The zero-order valence-corrected chi connectivity index (χ0v) is 76.9. The van der Waals surface area contributed by atoms with Gasteiger partial charge in [0.05, 0.1) is 43.9 Å². The quantitative estimate of drug-likeness (QED) is 0.0119. The summed E-state index contributed by atoms with van der Waals surface area (Å²) in [6, 6.07) is 56.5. The lowest BCUT2D eigenvalue weighted by atomic mass is 9.67. The van der Waals surface area contributed by atoms with Crippen molar-refractivity contribution in [1.29, 1.82) is 0 Å². The Morgan fingerprint density at radius 3 is 0.627 bits per heavy atom. The van der Waals surface area contributed by atoms with Crippen molar-refractivity contribution in [2.45, 2.75) is 149 Å². The van der Waals surface area contributed by atoms with Gasteiger partial charge >= 0.3 is 0 Å². The lowest BCUT2D eigenvalue weighted by Gasteiger charge is -2.34. The van der Waals surface area contributed by atoms with Crippen LogP contribution in [0, 0.1) is 116 Å². The van der Waals surface area contributed by atoms with Gasteiger partial charge < -0.3 is 39.0 Å². The SMILES string of the molecule is C.C.C.Fc1c(F)c(F)c(OCCCCCCCCBr)c(F)c1F.Fc1c(F)c(F)c(OCCCCCCCCOc2ccc(C3(c4ccc(OCCCCCCCCOc5c(F)c(F)c(F)c(F)c5F)cc4)c4cc(Br)ccc4-c4ccc(Br)cc43)cc2)c(F)c1F.Oc1c(F)c(F)c(F)c(F)c1F.Oc1ccc(C2(c3ccc(O)cc3)c3cc(Br)ccc3-c3ccc(Br)cc32)cc1. The Kier molecular flexibility index (Phi) is 41.0. The molecule has 0 saturated carbocycles. The van der Waals surface area contributed by atoms with E-state index in [-0.39, 0.29) is 53.6 Å². The molecule has 0 aromatic heterocycles. The van der Waals surface area contributed by atoms with E-state index in [1.165, 1.54) is 11.1 Å². The number of phenolic OH excluding ortho intramolecular Hbond substituents is 3. The van der Waals surface area contributed by atoms with Crippen LogP contribution in [-0.4, -0.2) is 53.7 Å². The largest absolute Gasteiger partial charge is 0.508 e. The van der Waals surface area contributed by atoms with E-state index in [1.54, 1.807) is 24.3 Å². The maximum absolute atomic E-state index is 13.8. The first-order chi connectivity index (χ1) is 62.7. The van der Waals surface area contributed by atoms with E-state index < -0.39 is 150 Å². The minimum atomic E-state index is -2.29. The molecule has 0 fully saturated rings. The molecule has 0 amide bonds. The number of ether oxygens (including phenoxy) is 5. The molecule has 0 radical (unpaired) electrons. The molecule has 0 atom stereocenters. The van der Waals surface area contributed by atoms with Gasteiger partial charge in [0.1, 0.15) is 23.0 Å². The Labute approximate surface area is 804 Å². The Bertz CT molecular complexity index is 5530. The van der Waals surface area contributed by atoms with Gasteiger partial charge in [-0.2, -0.15) is 35.1 Å². The Morgan fingerprint density at radius 2 is 0.403 bits per heavy atom. The number of unbranched alkanes of at least 4 members (excludes halogenated alkanes) is 15. The van der Waals surface area contributed by atoms with E-state index in [0.29, 0.717) is 56.8 Å². The first-order valence-corrected chi connectivity index (χ1v) is 45.5. The Hall–Kier alpha value is -9.96. The second-order valence-electron chi connectivity index (χ2n) is 30.3. The minimum absolute atomic E-state index is 0. The zero-order chi connectivity index (χ0) is 94.7. The van der Waals surface area contributed by atoms with Gasteiger partial charge in [-0.1, -0.05) is 252 Å². The summed E-state index contributed by atoms with van der Waals surface area (Å²) in [7, 11) is 0. The second kappa shape index (κ2) is 50.2. The second-order valence-corrected chi connectivity index (χ2v) is 34.8. The number of hydrogen-bond acceptors (Lipinski definition) is 8. The number of aromatic hydroxyl groups is 3. The number of hydrogen-bond donors (Lipinski definition) is 3. The smallest absolute Gasteiger partial charge is 0.206 e. The Balaban J connectivity index is 0.000000275. The lowest BCUT2D eigenvalue weighted by Crippen LogP contribution is -2.28. The van der Waals surface area contributed by atoms with Gasteiger partial charge in [-0.25, -0.2) is 52.7 Å². The first kappa shape index (κ1) is 109. The van der Waals surface area contributed by atoms with Crippen molar-refractivity contribution >= 4 is 79.6 Å². The summed E-state index contributed by atoms with van der Waals surface area (Å²) in [5.41, 5.74) is 12.0. The summed E-state index contributed by atoms with van der Waals surface area (Å²) < 4.78 is 292. The minimum Gasteiger partial charge on any atom is -0.508 e. The van der Waals surface area contributed by atoms with Crippen molar-refractivity contribution in [2.24, 2.45) is 0 Å². The van der Waals surface area contributed by atoms with Crippen molar-refractivity contribution in [3.05, 3.63) is 349 Å². The van der Waals surface area contributed by atoms with Crippen LogP contribution in [-0.2, 0) is 10.8 Å². The number of benzene rings is 12. The third kappa shape index (κ3) is 24.5. The molecule has 0 aliphatic heterocycles. The highest BCUT2D eigenvalue weighted by Gasteiger charge is 2.49. The van der Waals surface area contributed by atoms with Crippen LogP contribution in [0.15, 0.2) is 188 Å². The molecule has 12 aromatic rings. The molecule has 0 spiro atoms. The van der Waals surface area contributed by atoms with Crippen LogP contribution in [0.4, 0.5) is 87.8 Å². The molecule has 0 saturated heterocycles. The third-order valence-electron chi connectivity index (χ3n) is 21.9. The summed E-state index contributed by atoms with van der Waals surface area (Å²) in [4.78, 5) is 0. The monoisotopic (exact) mass is 2210 g/mol. The van der Waals surface area contributed by atoms with Crippen LogP contribution in [0.3, 0.4) is 0 Å². The summed E-state index contributed by atoms with van der Waals surface area (Å²) >= 11 is 18.1. The lowest BCUT2D eigenvalue weighted by molar-refractivity contribution is 0.255. The Morgan fingerprint density at radius 1 is 0.216 bits per heavy atom. The van der Waals surface area contributed by atoms with Gasteiger partial charge in [-0.15, -0.1) is 0 Å². The van der Waals surface area contributed by atoms with Gasteiger partial charge in [-0.3, -0.25) is 0 Å². The molecule has 0 unspecified atom stereocenters. The molecule has 2 aliphatic carbocycles. The normalized spacial score (nSPS) is 12.1. The molecule has 33 heteroatoms. The molecular weight excluding hydrogens is 2120 g/mol.